The molecule has 1 unspecified atom stereocenters. The van der Waals surface area contributed by atoms with Crippen molar-refractivity contribution in [3.8, 4) is 0 Å². The second kappa shape index (κ2) is 7.12. The molecule has 1 atom stereocenters. The van der Waals surface area contributed by atoms with Gasteiger partial charge in [0, 0.05) is 26.6 Å². The van der Waals surface area contributed by atoms with Crippen LogP contribution >= 0.6 is 11.6 Å². The van der Waals surface area contributed by atoms with Gasteiger partial charge in [0.25, 0.3) is 0 Å². The Kier molecular flexibility index (Phi) is 5.69. The first kappa shape index (κ1) is 16.8. The molecule has 120 valence electrons. The summed E-state index contributed by atoms with van der Waals surface area (Å²) in [5.41, 5.74) is 2.20. The van der Waals surface area contributed by atoms with Crippen LogP contribution in [0.4, 0.5) is 0 Å². The Bertz CT molecular complexity index is 463. The molecule has 1 aliphatic carbocycles. The number of rotatable bonds is 8. The molecule has 5 heteroatoms. The fourth-order valence-electron chi connectivity index (χ4n) is 3.29. The zero-order valence-electron chi connectivity index (χ0n) is 13.7. The van der Waals surface area contributed by atoms with Crippen LogP contribution in [0.1, 0.15) is 50.9 Å². The summed E-state index contributed by atoms with van der Waals surface area (Å²) in [5.74, 6) is 0. The van der Waals surface area contributed by atoms with Gasteiger partial charge < -0.3 is 10.1 Å². The van der Waals surface area contributed by atoms with Crippen molar-refractivity contribution in [2.75, 3.05) is 13.7 Å². The van der Waals surface area contributed by atoms with Gasteiger partial charge in [-0.05, 0) is 38.6 Å². The van der Waals surface area contributed by atoms with Crippen LogP contribution in [0.15, 0.2) is 0 Å². The molecular weight excluding hydrogens is 286 g/mol. The van der Waals surface area contributed by atoms with E-state index in [1.54, 1.807) is 0 Å². The van der Waals surface area contributed by atoms with Gasteiger partial charge >= 0.3 is 0 Å². The lowest BCUT2D eigenvalue weighted by Crippen LogP contribution is -2.46. The van der Waals surface area contributed by atoms with E-state index in [-0.39, 0.29) is 5.60 Å². The number of aromatic nitrogens is 2. The fourth-order valence-corrected chi connectivity index (χ4v) is 3.66. The number of methoxy groups -OCH3 is 1. The SMILES string of the molecule is CCNC(Cc1c(Cl)c(CC)nn1C)CC1(OC)CCC1. The average Bonchev–Trinajstić information content (AvgIpc) is 2.70. The molecule has 1 aliphatic rings. The summed E-state index contributed by atoms with van der Waals surface area (Å²) < 4.78 is 7.72. The second-order valence-electron chi connectivity index (χ2n) is 6.09. The highest BCUT2D eigenvalue weighted by atomic mass is 35.5. The predicted molar refractivity (Wildman–Crippen MR) is 87.0 cm³/mol. The maximum atomic E-state index is 6.48. The number of hydrogen-bond donors (Lipinski definition) is 1. The molecule has 4 nitrogen and oxygen atoms in total. The third-order valence-electron chi connectivity index (χ3n) is 4.75. The first-order valence-electron chi connectivity index (χ1n) is 8.04. The third kappa shape index (κ3) is 3.61. The highest BCUT2D eigenvalue weighted by Crippen LogP contribution is 2.39. The summed E-state index contributed by atoms with van der Waals surface area (Å²) in [7, 11) is 3.83. The van der Waals surface area contributed by atoms with E-state index in [0.717, 1.165) is 42.2 Å². The molecule has 1 aromatic rings. The highest BCUT2D eigenvalue weighted by molar-refractivity contribution is 6.31. The molecule has 1 N–H and O–H groups in total. The molecule has 1 saturated carbocycles. The number of aryl methyl sites for hydroxylation is 2. The lowest BCUT2D eigenvalue weighted by molar-refractivity contribution is -0.0834. The molecule has 1 fully saturated rings. The van der Waals surface area contributed by atoms with E-state index in [1.165, 1.54) is 19.3 Å². The number of halogens is 1. The van der Waals surface area contributed by atoms with Crippen LogP contribution in [0, 0.1) is 0 Å². The molecule has 0 bridgehead atoms. The molecule has 1 aromatic heterocycles. The van der Waals surface area contributed by atoms with Gasteiger partial charge in [-0.15, -0.1) is 0 Å². The van der Waals surface area contributed by atoms with Crippen LogP contribution in [0.25, 0.3) is 0 Å². The van der Waals surface area contributed by atoms with Gasteiger partial charge in [0.1, 0.15) is 0 Å². The van der Waals surface area contributed by atoms with Crippen LogP contribution in [0.2, 0.25) is 5.02 Å². The number of hydrogen-bond acceptors (Lipinski definition) is 3. The van der Waals surface area contributed by atoms with Gasteiger partial charge in [0.15, 0.2) is 0 Å². The zero-order valence-corrected chi connectivity index (χ0v) is 14.5. The van der Waals surface area contributed by atoms with Gasteiger partial charge in [-0.1, -0.05) is 25.4 Å². The Morgan fingerprint density at radius 1 is 1.43 bits per heavy atom. The monoisotopic (exact) mass is 313 g/mol. The lowest BCUT2D eigenvalue weighted by Gasteiger charge is -2.43. The molecule has 0 aromatic carbocycles. The van der Waals surface area contributed by atoms with Gasteiger partial charge in [-0.2, -0.15) is 5.10 Å². The highest BCUT2D eigenvalue weighted by Gasteiger charge is 2.39. The molecule has 0 amide bonds. The number of likely N-dealkylation sites (N-methyl/N-ethyl adjacent to an activating group) is 1. The molecule has 0 saturated heterocycles. The summed E-state index contributed by atoms with van der Waals surface area (Å²) >= 11 is 6.48. The fraction of sp³-hybridized carbons (Fsp3) is 0.812. The lowest BCUT2D eigenvalue weighted by atomic mass is 9.75. The van der Waals surface area contributed by atoms with Crippen LogP contribution < -0.4 is 5.32 Å². The Morgan fingerprint density at radius 3 is 2.57 bits per heavy atom. The summed E-state index contributed by atoms with van der Waals surface area (Å²) in [6.45, 7) is 5.20. The van der Waals surface area contributed by atoms with Crippen molar-refractivity contribution >= 4 is 11.6 Å². The van der Waals surface area contributed by atoms with Gasteiger partial charge in [0.2, 0.25) is 0 Å². The molecule has 1 heterocycles. The molecule has 2 rings (SSSR count). The number of nitrogens with zero attached hydrogens (tertiary/aromatic N) is 2. The molecule has 21 heavy (non-hydrogen) atoms. The summed E-state index contributed by atoms with van der Waals surface area (Å²) in [6.07, 6.45) is 6.44. The van der Waals surface area contributed by atoms with Crippen molar-refractivity contribution in [3.63, 3.8) is 0 Å². The largest absolute Gasteiger partial charge is 0.378 e. The Balaban J connectivity index is 2.11. The number of nitrogens with one attached hydrogen (secondary N) is 1. The van der Waals surface area contributed by atoms with Crippen molar-refractivity contribution in [2.24, 2.45) is 7.05 Å². The maximum Gasteiger partial charge on any atom is 0.0850 e. The summed E-state index contributed by atoms with van der Waals surface area (Å²) in [6, 6.07) is 0.382. The molecular formula is C16H28ClN3O. The van der Waals surface area contributed by atoms with Gasteiger partial charge in [-0.3, -0.25) is 4.68 Å². The van der Waals surface area contributed by atoms with Gasteiger partial charge in [-0.25, -0.2) is 0 Å². The minimum atomic E-state index is 0.0749. The molecule has 0 radical (unpaired) electrons. The minimum absolute atomic E-state index is 0.0749. The Morgan fingerprint density at radius 2 is 2.14 bits per heavy atom. The summed E-state index contributed by atoms with van der Waals surface area (Å²) in [5, 5.41) is 8.95. The van der Waals surface area contributed by atoms with E-state index in [4.69, 9.17) is 16.3 Å². The maximum absolute atomic E-state index is 6.48. The Hall–Kier alpha value is -0.580. The first-order valence-corrected chi connectivity index (χ1v) is 8.41. The van der Waals surface area contributed by atoms with Crippen LogP contribution in [-0.2, 0) is 24.6 Å². The molecule has 0 spiro atoms. The van der Waals surface area contributed by atoms with Crippen LogP contribution in [0.5, 0.6) is 0 Å². The van der Waals surface area contributed by atoms with E-state index >= 15 is 0 Å². The van der Waals surface area contributed by atoms with Gasteiger partial charge in [0.05, 0.1) is 22.0 Å². The minimum Gasteiger partial charge on any atom is -0.378 e. The Labute approximate surface area is 133 Å². The quantitative estimate of drug-likeness (QED) is 0.801. The zero-order chi connectivity index (χ0) is 15.5. The first-order chi connectivity index (χ1) is 10.0. The van der Waals surface area contributed by atoms with E-state index in [9.17, 15) is 0 Å². The predicted octanol–water partition coefficient (Wildman–Crippen LogP) is 3.12. The van der Waals surface area contributed by atoms with E-state index < -0.39 is 0 Å². The van der Waals surface area contributed by atoms with E-state index in [2.05, 4.69) is 24.3 Å². The molecule has 0 aliphatic heterocycles. The van der Waals surface area contributed by atoms with Crippen LogP contribution in [-0.4, -0.2) is 35.1 Å². The second-order valence-corrected chi connectivity index (χ2v) is 6.47. The van der Waals surface area contributed by atoms with Crippen molar-refractivity contribution in [3.05, 3.63) is 16.4 Å². The summed E-state index contributed by atoms with van der Waals surface area (Å²) in [4.78, 5) is 0. The van der Waals surface area contributed by atoms with E-state index in [0.29, 0.717) is 6.04 Å². The normalized spacial score (nSPS) is 18.5. The topological polar surface area (TPSA) is 39.1 Å². The third-order valence-corrected chi connectivity index (χ3v) is 5.19. The smallest absolute Gasteiger partial charge is 0.0850 e. The van der Waals surface area contributed by atoms with Crippen LogP contribution in [0.3, 0.4) is 0 Å². The van der Waals surface area contributed by atoms with Crippen molar-refractivity contribution in [1.29, 1.82) is 0 Å². The van der Waals surface area contributed by atoms with E-state index in [1.807, 2.05) is 18.8 Å². The van der Waals surface area contributed by atoms with Crippen molar-refractivity contribution < 1.29 is 4.74 Å². The average molecular weight is 314 g/mol. The standard InChI is InChI=1S/C16H28ClN3O/c1-5-13-15(17)14(20(3)19-13)10-12(18-6-2)11-16(21-4)8-7-9-16/h12,18H,5-11H2,1-4H3. The van der Waals surface area contributed by atoms with Crippen molar-refractivity contribution in [2.45, 2.75) is 64.0 Å². The van der Waals surface area contributed by atoms with Crippen molar-refractivity contribution in [1.82, 2.24) is 15.1 Å². The number of ether oxygens (including phenoxy) is 1.